The molecule has 1 atom stereocenters. The minimum Gasteiger partial charge on any atom is -0.351 e. The van der Waals surface area contributed by atoms with Crippen molar-refractivity contribution in [2.45, 2.75) is 25.9 Å². The van der Waals surface area contributed by atoms with Gasteiger partial charge in [0.1, 0.15) is 6.04 Å². The van der Waals surface area contributed by atoms with Crippen molar-refractivity contribution in [2.24, 2.45) is 5.73 Å². The van der Waals surface area contributed by atoms with Gasteiger partial charge in [-0.1, -0.05) is 29.8 Å². The quantitative estimate of drug-likeness (QED) is 0.505. The van der Waals surface area contributed by atoms with E-state index in [1.165, 1.54) is 0 Å². The zero-order chi connectivity index (χ0) is 21.2. The number of hydrogen-bond donors (Lipinski definition) is 4. The monoisotopic (exact) mass is 414 g/mol. The minimum absolute atomic E-state index is 0.237. The molecule has 8 heteroatoms. The van der Waals surface area contributed by atoms with Crippen LogP contribution in [0.5, 0.6) is 0 Å². The first-order valence-corrected chi connectivity index (χ1v) is 10.6. The summed E-state index contributed by atoms with van der Waals surface area (Å²) >= 11 is 1.62. The fraction of sp³-hybridized carbons (Fsp3) is 0.286. The predicted octanol–water partition coefficient (Wildman–Crippen LogP) is 2.65. The average Bonchev–Trinajstić information content (AvgIpc) is 2.69. The number of amides is 4. The second-order valence-corrected chi connectivity index (χ2v) is 7.57. The van der Waals surface area contributed by atoms with E-state index in [9.17, 15) is 14.4 Å². The number of thioether (sulfide) groups is 1. The highest BCUT2D eigenvalue weighted by molar-refractivity contribution is 7.98. The molecule has 0 aliphatic heterocycles. The van der Waals surface area contributed by atoms with Crippen LogP contribution < -0.4 is 21.7 Å². The van der Waals surface area contributed by atoms with Crippen molar-refractivity contribution in [1.29, 1.82) is 0 Å². The molecule has 5 N–H and O–H groups in total. The SMILES string of the molecule is CSCCC(NC(=O)c1cccc(C)c1)C(=O)NCc1ccc(NC(N)=O)cc1. The van der Waals surface area contributed by atoms with E-state index >= 15 is 0 Å². The Labute approximate surface area is 174 Å². The Morgan fingerprint density at radius 1 is 1.10 bits per heavy atom. The lowest BCUT2D eigenvalue weighted by molar-refractivity contribution is -0.123. The standard InChI is InChI=1S/C21H26N4O3S/c1-14-4-3-5-16(12-14)19(26)25-18(10-11-29-2)20(27)23-13-15-6-8-17(9-7-15)24-21(22)28/h3-9,12,18H,10-11,13H2,1-2H3,(H,23,27)(H,25,26)(H3,22,24,28). The molecule has 0 aliphatic rings. The number of nitrogens with one attached hydrogen (secondary N) is 3. The highest BCUT2D eigenvalue weighted by Crippen LogP contribution is 2.10. The Morgan fingerprint density at radius 3 is 2.45 bits per heavy atom. The van der Waals surface area contributed by atoms with Gasteiger partial charge in [-0.3, -0.25) is 9.59 Å². The molecule has 0 bridgehead atoms. The lowest BCUT2D eigenvalue weighted by Gasteiger charge is -2.18. The van der Waals surface area contributed by atoms with Gasteiger partial charge in [0.25, 0.3) is 5.91 Å². The van der Waals surface area contributed by atoms with E-state index in [1.54, 1.807) is 48.2 Å². The molecular formula is C21H26N4O3S. The number of carbonyl (C=O) groups excluding carboxylic acids is 3. The summed E-state index contributed by atoms with van der Waals surface area (Å²) in [5.74, 6) is 0.246. The van der Waals surface area contributed by atoms with Crippen molar-refractivity contribution < 1.29 is 14.4 Å². The van der Waals surface area contributed by atoms with Crippen LogP contribution in [-0.2, 0) is 11.3 Å². The van der Waals surface area contributed by atoms with Gasteiger partial charge >= 0.3 is 6.03 Å². The molecule has 0 spiro atoms. The Hall–Kier alpha value is -3.00. The van der Waals surface area contributed by atoms with Crippen LogP contribution in [-0.4, -0.2) is 35.9 Å². The number of nitrogens with two attached hydrogens (primary N) is 1. The molecule has 0 aromatic heterocycles. The first kappa shape index (κ1) is 22.3. The number of urea groups is 1. The van der Waals surface area contributed by atoms with E-state index in [-0.39, 0.29) is 11.8 Å². The van der Waals surface area contributed by atoms with Crippen molar-refractivity contribution in [3.8, 4) is 0 Å². The zero-order valence-electron chi connectivity index (χ0n) is 16.5. The highest BCUT2D eigenvalue weighted by Gasteiger charge is 2.21. The van der Waals surface area contributed by atoms with E-state index in [0.717, 1.165) is 16.9 Å². The molecule has 0 saturated carbocycles. The molecule has 2 aromatic carbocycles. The van der Waals surface area contributed by atoms with Crippen molar-refractivity contribution in [1.82, 2.24) is 10.6 Å². The minimum atomic E-state index is -0.632. The molecule has 2 rings (SSSR count). The zero-order valence-corrected chi connectivity index (χ0v) is 17.3. The molecule has 0 saturated heterocycles. The summed E-state index contributed by atoms with van der Waals surface area (Å²) in [5.41, 5.74) is 8.04. The van der Waals surface area contributed by atoms with Crippen LogP contribution in [0.1, 0.15) is 27.9 Å². The third kappa shape index (κ3) is 7.50. The van der Waals surface area contributed by atoms with Gasteiger partial charge in [-0.15, -0.1) is 0 Å². The summed E-state index contributed by atoms with van der Waals surface area (Å²) in [4.78, 5) is 36.0. The topological polar surface area (TPSA) is 113 Å². The van der Waals surface area contributed by atoms with Crippen LogP contribution in [0.4, 0.5) is 10.5 Å². The first-order valence-electron chi connectivity index (χ1n) is 9.18. The van der Waals surface area contributed by atoms with Crippen molar-refractivity contribution in [2.75, 3.05) is 17.3 Å². The van der Waals surface area contributed by atoms with E-state index in [0.29, 0.717) is 24.2 Å². The Kier molecular flexibility index (Phi) is 8.54. The van der Waals surface area contributed by atoms with Crippen molar-refractivity contribution in [3.63, 3.8) is 0 Å². The van der Waals surface area contributed by atoms with Gasteiger partial charge in [0.2, 0.25) is 5.91 Å². The fourth-order valence-corrected chi connectivity index (χ4v) is 3.16. The van der Waals surface area contributed by atoms with E-state index in [2.05, 4.69) is 16.0 Å². The smallest absolute Gasteiger partial charge is 0.316 e. The Balaban J connectivity index is 1.97. The van der Waals surface area contributed by atoms with E-state index in [1.807, 2.05) is 25.3 Å². The Bertz CT molecular complexity index is 855. The van der Waals surface area contributed by atoms with Gasteiger partial charge in [-0.05, 0) is 55.2 Å². The summed E-state index contributed by atoms with van der Waals surface area (Å²) in [7, 11) is 0. The molecule has 0 aliphatic carbocycles. The van der Waals surface area contributed by atoms with Crippen LogP contribution in [0.3, 0.4) is 0 Å². The molecule has 154 valence electrons. The number of aryl methyl sites for hydroxylation is 1. The van der Waals surface area contributed by atoms with Crippen molar-refractivity contribution >= 4 is 35.3 Å². The van der Waals surface area contributed by atoms with E-state index in [4.69, 9.17) is 5.73 Å². The van der Waals surface area contributed by atoms with Crippen molar-refractivity contribution in [3.05, 3.63) is 65.2 Å². The van der Waals surface area contributed by atoms with Gasteiger partial charge in [0.05, 0.1) is 0 Å². The summed E-state index contributed by atoms with van der Waals surface area (Å²) in [6.45, 7) is 2.23. The highest BCUT2D eigenvalue weighted by atomic mass is 32.2. The van der Waals surface area contributed by atoms with Crippen LogP contribution in [0, 0.1) is 6.92 Å². The molecule has 0 fully saturated rings. The lowest BCUT2D eigenvalue weighted by atomic mass is 10.1. The second kappa shape index (κ2) is 11.1. The van der Waals surface area contributed by atoms with E-state index < -0.39 is 12.1 Å². The summed E-state index contributed by atoms with van der Waals surface area (Å²) in [6.07, 6.45) is 2.49. The van der Waals surface area contributed by atoms with Gasteiger partial charge in [-0.2, -0.15) is 11.8 Å². The predicted molar refractivity (Wildman–Crippen MR) is 117 cm³/mol. The number of benzene rings is 2. The number of anilines is 1. The van der Waals surface area contributed by atoms with Gasteiger partial charge < -0.3 is 21.7 Å². The fourth-order valence-electron chi connectivity index (χ4n) is 2.69. The maximum atomic E-state index is 12.7. The molecule has 0 radical (unpaired) electrons. The number of primary amides is 1. The largest absolute Gasteiger partial charge is 0.351 e. The maximum absolute atomic E-state index is 12.7. The number of carbonyl (C=O) groups is 3. The van der Waals surface area contributed by atoms with Gasteiger partial charge in [-0.25, -0.2) is 4.79 Å². The number of rotatable bonds is 9. The molecule has 7 nitrogen and oxygen atoms in total. The summed E-state index contributed by atoms with van der Waals surface area (Å²) in [5, 5.41) is 8.18. The maximum Gasteiger partial charge on any atom is 0.316 e. The Morgan fingerprint density at radius 2 is 1.83 bits per heavy atom. The third-order valence-corrected chi connectivity index (χ3v) is 4.84. The lowest BCUT2D eigenvalue weighted by Crippen LogP contribution is -2.46. The molecule has 29 heavy (non-hydrogen) atoms. The normalized spacial score (nSPS) is 11.4. The summed E-state index contributed by atoms with van der Waals surface area (Å²) in [6, 6.07) is 13.0. The van der Waals surface area contributed by atoms with Gasteiger partial charge in [0.15, 0.2) is 0 Å². The van der Waals surface area contributed by atoms with Crippen LogP contribution in [0.15, 0.2) is 48.5 Å². The van der Waals surface area contributed by atoms with Crippen LogP contribution in [0.25, 0.3) is 0 Å². The number of hydrogen-bond acceptors (Lipinski definition) is 4. The third-order valence-electron chi connectivity index (χ3n) is 4.20. The van der Waals surface area contributed by atoms with Crippen LogP contribution >= 0.6 is 11.8 Å². The van der Waals surface area contributed by atoms with Gasteiger partial charge in [0, 0.05) is 17.8 Å². The molecule has 1 unspecified atom stereocenters. The summed E-state index contributed by atoms with van der Waals surface area (Å²) < 4.78 is 0. The molecule has 4 amide bonds. The molecular weight excluding hydrogens is 388 g/mol. The second-order valence-electron chi connectivity index (χ2n) is 6.58. The molecule has 0 heterocycles. The average molecular weight is 415 g/mol. The van der Waals surface area contributed by atoms with Crippen LogP contribution in [0.2, 0.25) is 0 Å². The molecule has 2 aromatic rings. The first-order chi connectivity index (χ1) is 13.9.